The van der Waals surface area contributed by atoms with E-state index in [9.17, 15) is 18.0 Å². The fourth-order valence-corrected chi connectivity index (χ4v) is 3.90. The van der Waals surface area contributed by atoms with E-state index in [1.165, 1.54) is 13.0 Å². The van der Waals surface area contributed by atoms with Gasteiger partial charge in [0.15, 0.2) is 18.2 Å². The van der Waals surface area contributed by atoms with E-state index >= 15 is 0 Å². The standard InChI is InChI=1S/C23H24F3NO4/c1-14-8-18-19(21(20(14)24)31-13-23(2,25)26)22(28)27-10-17(9-16(27)12-30-18)29-11-15-6-4-3-5-7-15/h3-8,16-17H,9-13H2,1-2H3/t16-,17+/m1/s1. The van der Waals surface area contributed by atoms with Crippen molar-refractivity contribution >= 4 is 5.91 Å². The Kier molecular flexibility index (Phi) is 5.83. The van der Waals surface area contributed by atoms with Crippen LogP contribution in [0.15, 0.2) is 36.4 Å². The van der Waals surface area contributed by atoms with Gasteiger partial charge in [-0.05, 0) is 30.5 Å². The number of nitrogens with zero attached hydrogens (tertiary/aromatic N) is 1. The van der Waals surface area contributed by atoms with Crippen LogP contribution in [-0.4, -0.2) is 48.6 Å². The highest BCUT2D eigenvalue weighted by Crippen LogP contribution is 2.39. The molecule has 4 rings (SSSR count). The predicted octanol–water partition coefficient (Wildman–Crippen LogP) is 4.36. The van der Waals surface area contributed by atoms with E-state index < -0.39 is 30.0 Å². The zero-order valence-electron chi connectivity index (χ0n) is 17.4. The van der Waals surface area contributed by atoms with Crippen molar-refractivity contribution in [2.75, 3.05) is 19.8 Å². The minimum atomic E-state index is -3.18. The third kappa shape index (κ3) is 4.63. The molecule has 2 aliphatic heterocycles. The van der Waals surface area contributed by atoms with Gasteiger partial charge in [-0.25, -0.2) is 13.2 Å². The van der Waals surface area contributed by atoms with Gasteiger partial charge >= 0.3 is 0 Å². The van der Waals surface area contributed by atoms with Crippen LogP contribution in [0.5, 0.6) is 11.5 Å². The Balaban J connectivity index is 1.55. The van der Waals surface area contributed by atoms with Gasteiger partial charge in [-0.2, -0.15) is 0 Å². The van der Waals surface area contributed by atoms with Crippen LogP contribution in [0.3, 0.4) is 0 Å². The summed E-state index contributed by atoms with van der Waals surface area (Å²) in [6.07, 6.45) is 0.357. The first-order valence-electron chi connectivity index (χ1n) is 10.2. The van der Waals surface area contributed by atoms with Gasteiger partial charge in [-0.3, -0.25) is 4.79 Å². The molecule has 166 valence electrons. The van der Waals surface area contributed by atoms with E-state index in [2.05, 4.69) is 0 Å². The Morgan fingerprint density at radius 1 is 1.26 bits per heavy atom. The van der Waals surface area contributed by atoms with Crippen LogP contribution in [0.4, 0.5) is 13.2 Å². The van der Waals surface area contributed by atoms with Crippen molar-refractivity contribution < 1.29 is 32.2 Å². The molecule has 0 aliphatic carbocycles. The van der Waals surface area contributed by atoms with Gasteiger partial charge in [0.05, 0.1) is 18.8 Å². The number of carbonyl (C=O) groups excluding carboxylic acids is 1. The maximum absolute atomic E-state index is 14.8. The maximum atomic E-state index is 14.8. The zero-order valence-corrected chi connectivity index (χ0v) is 17.4. The lowest BCUT2D eigenvalue weighted by molar-refractivity contribution is -0.0243. The summed E-state index contributed by atoms with van der Waals surface area (Å²) < 4.78 is 58.4. The summed E-state index contributed by atoms with van der Waals surface area (Å²) in [5.41, 5.74) is 1.02. The fourth-order valence-electron chi connectivity index (χ4n) is 3.90. The average Bonchev–Trinajstić information content (AvgIpc) is 3.09. The first-order chi connectivity index (χ1) is 14.7. The summed E-state index contributed by atoms with van der Waals surface area (Å²) in [5.74, 6) is -4.86. The van der Waals surface area contributed by atoms with Gasteiger partial charge < -0.3 is 19.1 Å². The van der Waals surface area contributed by atoms with E-state index in [-0.39, 0.29) is 35.6 Å². The second-order valence-corrected chi connectivity index (χ2v) is 8.15. The molecule has 0 N–H and O–H groups in total. The van der Waals surface area contributed by atoms with Gasteiger partial charge in [0.1, 0.15) is 17.9 Å². The molecule has 0 spiro atoms. The summed E-state index contributed by atoms with van der Waals surface area (Å²) in [7, 11) is 0. The van der Waals surface area contributed by atoms with Crippen LogP contribution in [0, 0.1) is 12.7 Å². The summed E-state index contributed by atoms with van der Waals surface area (Å²) in [6, 6.07) is 10.8. The fraction of sp³-hybridized carbons (Fsp3) is 0.435. The lowest BCUT2D eigenvalue weighted by Gasteiger charge is -2.22. The van der Waals surface area contributed by atoms with Crippen molar-refractivity contribution in [2.45, 2.75) is 44.9 Å². The minimum absolute atomic E-state index is 0.148. The molecule has 2 aromatic rings. The highest BCUT2D eigenvalue weighted by atomic mass is 19.3. The molecular weight excluding hydrogens is 411 g/mol. The summed E-state index contributed by atoms with van der Waals surface area (Å²) in [6.45, 7) is 2.02. The predicted molar refractivity (Wildman–Crippen MR) is 107 cm³/mol. The van der Waals surface area contributed by atoms with Crippen molar-refractivity contribution in [2.24, 2.45) is 0 Å². The molecular formula is C23H24F3NO4. The first-order valence-corrected chi connectivity index (χ1v) is 10.2. The third-order valence-electron chi connectivity index (χ3n) is 5.45. The van der Waals surface area contributed by atoms with Gasteiger partial charge in [0, 0.05) is 13.5 Å². The average molecular weight is 435 g/mol. The van der Waals surface area contributed by atoms with Crippen molar-refractivity contribution in [1.82, 2.24) is 4.90 Å². The number of alkyl halides is 2. The minimum Gasteiger partial charge on any atom is -0.490 e. The number of hydrogen-bond acceptors (Lipinski definition) is 4. The van der Waals surface area contributed by atoms with Gasteiger partial charge in [-0.15, -0.1) is 0 Å². The Bertz CT molecular complexity index is 962. The molecule has 1 fully saturated rings. The SMILES string of the molecule is Cc1cc2c(c(OCC(C)(F)F)c1F)C(=O)N1C[C@@H](OCc3ccccc3)C[C@@H]1CO2. The van der Waals surface area contributed by atoms with Gasteiger partial charge in [0.2, 0.25) is 0 Å². The molecule has 5 nitrogen and oxygen atoms in total. The Hall–Kier alpha value is -2.74. The lowest BCUT2D eigenvalue weighted by Crippen LogP contribution is -2.37. The number of rotatable bonds is 6. The van der Waals surface area contributed by atoms with Crippen LogP contribution in [0.1, 0.15) is 34.8 Å². The number of amides is 1. The first kappa shape index (κ1) is 21.5. The molecule has 2 aromatic carbocycles. The van der Waals surface area contributed by atoms with Crippen LogP contribution in [0.25, 0.3) is 0 Å². The Morgan fingerprint density at radius 2 is 2.00 bits per heavy atom. The summed E-state index contributed by atoms with van der Waals surface area (Å²) in [4.78, 5) is 14.9. The Labute approximate surface area is 178 Å². The zero-order chi connectivity index (χ0) is 22.2. The van der Waals surface area contributed by atoms with Crippen molar-refractivity contribution in [3.05, 3.63) is 58.9 Å². The summed E-state index contributed by atoms with van der Waals surface area (Å²) >= 11 is 0. The monoisotopic (exact) mass is 435 g/mol. The molecule has 0 saturated carbocycles. The molecule has 0 bridgehead atoms. The second-order valence-electron chi connectivity index (χ2n) is 8.15. The van der Waals surface area contributed by atoms with Crippen molar-refractivity contribution in [1.29, 1.82) is 0 Å². The number of aryl methyl sites for hydroxylation is 1. The van der Waals surface area contributed by atoms with Gasteiger partial charge in [-0.1, -0.05) is 30.3 Å². The molecule has 0 aromatic heterocycles. The third-order valence-corrected chi connectivity index (χ3v) is 5.45. The molecule has 1 saturated heterocycles. The Morgan fingerprint density at radius 3 is 2.71 bits per heavy atom. The topological polar surface area (TPSA) is 48.0 Å². The quantitative estimate of drug-likeness (QED) is 0.677. The molecule has 0 unspecified atom stereocenters. The largest absolute Gasteiger partial charge is 0.490 e. The molecule has 31 heavy (non-hydrogen) atoms. The van der Waals surface area contributed by atoms with E-state index in [1.54, 1.807) is 4.90 Å². The van der Waals surface area contributed by atoms with Crippen LogP contribution in [-0.2, 0) is 11.3 Å². The van der Waals surface area contributed by atoms with Crippen LogP contribution < -0.4 is 9.47 Å². The molecule has 1 amide bonds. The smallest absolute Gasteiger partial charge is 0.278 e. The molecule has 2 heterocycles. The van der Waals surface area contributed by atoms with E-state index in [0.29, 0.717) is 26.5 Å². The number of benzene rings is 2. The number of carbonyl (C=O) groups is 1. The van der Waals surface area contributed by atoms with E-state index in [4.69, 9.17) is 14.2 Å². The molecule has 0 radical (unpaired) electrons. The van der Waals surface area contributed by atoms with Crippen LogP contribution >= 0.6 is 0 Å². The second kappa shape index (κ2) is 8.42. The van der Waals surface area contributed by atoms with Gasteiger partial charge in [0.25, 0.3) is 11.8 Å². The van der Waals surface area contributed by atoms with E-state index in [0.717, 1.165) is 5.56 Å². The normalized spacial score (nSPS) is 20.7. The number of halogens is 3. The maximum Gasteiger partial charge on any atom is 0.278 e. The number of ether oxygens (including phenoxy) is 3. The van der Waals surface area contributed by atoms with Crippen molar-refractivity contribution in [3.8, 4) is 11.5 Å². The number of hydrogen-bond donors (Lipinski definition) is 0. The van der Waals surface area contributed by atoms with E-state index in [1.807, 2.05) is 30.3 Å². The highest BCUT2D eigenvalue weighted by molar-refractivity contribution is 6.00. The molecule has 8 heteroatoms. The lowest BCUT2D eigenvalue weighted by atomic mass is 10.1. The number of fused-ring (bicyclic) bond motifs is 2. The van der Waals surface area contributed by atoms with Crippen molar-refractivity contribution in [3.63, 3.8) is 0 Å². The van der Waals surface area contributed by atoms with Crippen LogP contribution in [0.2, 0.25) is 0 Å². The highest BCUT2D eigenvalue weighted by Gasteiger charge is 2.42. The molecule has 2 aliphatic rings. The molecule has 2 atom stereocenters. The summed E-state index contributed by atoms with van der Waals surface area (Å²) in [5, 5.41) is 0.